The van der Waals surface area contributed by atoms with Crippen LogP contribution in [0.4, 0.5) is 0 Å². The van der Waals surface area contributed by atoms with Gasteiger partial charge in [-0.05, 0) is 25.8 Å². The van der Waals surface area contributed by atoms with Crippen molar-refractivity contribution in [1.29, 1.82) is 0 Å². The SMILES string of the molecule is Cc1sc(C(=O)N(C)C2CC2)cc1S(=O)(=O)Cl. The van der Waals surface area contributed by atoms with Crippen LogP contribution in [0.1, 0.15) is 27.4 Å². The smallest absolute Gasteiger partial charge is 0.263 e. The van der Waals surface area contributed by atoms with Gasteiger partial charge in [0.25, 0.3) is 15.0 Å². The molecule has 1 fully saturated rings. The summed E-state index contributed by atoms with van der Waals surface area (Å²) in [5.41, 5.74) is 0. The third kappa shape index (κ3) is 2.64. The first-order chi connectivity index (χ1) is 7.80. The van der Waals surface area contributed by atoms with Crippen LogP contribution >= 0.6 is 22.0 Å². The summed E-state index contributed by atoms with van der Waals surface area (Å²) in [6, 6.07) is 1.67. The second-order valence-corrected chi connectivity index (χ2v) is 7.91. The lowest BCUT2D eigenvalue weighted by molar-refractivity contribution is 0.0789. The Morgan fingerprint density at radius 3 is 2.53 bits per heavy atom. The van der Waals surface area contributed by atoms with Crippen molar-refractivity contribution in [2.24, 2.45) is 0 Å². The van der Waals surface area contributed by atoms with Crippen LogP contribution in [0.15, 0.2) is 11.0 Å². The fourth-order valence-electron chi connectivity index (χ4n) is 1.61. The lowest BCUT2D eigenvalue weighted by Gasteiger charge is -2.14. The Kier molecular flexibility index (Phi) is 3.22. The molecule has 0 aromatic carbocycles. The molecule has 2 rings (SSSR count). The Labute approximate surface area is 109 Å². The van der Waals surface area contributed by atoms with Gasteiger partial charge in [0.2, 0.25) is 0 Å². The molecule has 0 radical (unpaired) electrons. The van der Waals surface area contributed by atoms with Gasteiger partial charge in [0, 0.05) is 28.6 Å². The number of aryl methyl sites for hydroxylation is 1. The van der Waals surface area contributed by atoms with Crippen LogP contribution in [0.25, 0.3) is 0 Å². The van der Waals surface area contributed by atoms with Gasteiger partial charge in [-0.1, -0.05) is 0 Å². The molecular formula is C10H12ClNO3S2. The van der Waals surface area contributed by atoms with E-state index >= 15 is 0 Å². The molecule has 1 amide bonds. The highest BCUT2D eigenvalue weighted by molar-refractivity contribution is 8.13. The summed E-state index contributed by atoms with van der Waals surface area (Å²) < 4.78 is 22.5. The van der Waals surface area contributed by atoms with E-state index in [2.05, 4.69) is 0 Å². The number of carbonyl (C=O) groups is 1. The maximum atomic E-state index is 12.0. The number of amides is 1. The Morgan fingerprint density at radius 2 is 2.12 bits per heavy atom. The van der Waals surface area contributed by atoms with Crippen molar-refractivity contribution in [1.82, 2.24) is 4.90 Å². The molecule has 1 aliphatic carbocycles. The van der Waals surface area contributed by atoms with Crippen LogP contribution in [-0.2, 0) is 9.05 Å². The number of hydrogen-bond donors (Lipinski definition) is 0. The van der Waals surface area contributed by atoms with Crippen molar-refractivity contribution in [3.8, 4) is 0 Å². The molecule has 0 aliphatic heterocycles. The number of halogens is 1. The monoisotopic (exact) mass is 293 g/mol. The van der Waals surface area contributed by atoms with Crippen molar-refractivity contribution in [2.75, 3.05) is 7.05 Å². The van der Waals surface area contributed by atoms with E-state index in [1.165, 1.54) is 17.4 Å². The van der Waals surface area contributed by atoms with Crippen molar-refractivity contribution in [3.63, 3.8) is 0 Å². The van der Waals surface area contributed by atoms with Crippen LogP contribution in [0.2, 0.25) is 0 Å². The number of hydrogen-bond acceptors (Lipinski definition) is 4. The van der Waals surface area contributed by atoms with Crippen LogP contribution in [0, 0.1) is 6.92 Å². The normalized spacial score (nSPS) is 15.9. The van der Waals surface area contributed by atoms with E-state index in [-0.39, 0.29) is 10.8 Å². The maximum Gasteiger partial charge on any atom is 0.263 e. The van der Waals surface area contributed by atoms with Crippen LogP contribution in [0.3, 0.4) is 0 Å². The summed E-state index contributed by atoms with van der Waals surface area (Å²) in [5, 5.41) is 0. The molecule has 0 saturated heterocycles. The molecule has 0 atom stereocenters. The molecule has 7 heteroatoms. The van der Waals surface area contributed by atoms with Crippen LogP contribution in [0.5, 0.6) is 0 Å². The minimum atomic E-state index is -3.76. The lowest BCUT2D eigenvalue weighted by atomic mass is 10.4. The first kappa shape index (κ1) is 12.9. The summed E-state index contributed by atoms with van der Waals surface area (Å²) in [6.07, 6.45) is 2.04. The van der Waals surface area contributed by atoms with Crippen LogP contribution in [-0.4, -0.2) is 32.3 Å². The molecule has 17 heavy (non-hydrogen) atoms. The van der Waals surface area contributed by atoms with Crippen molar-refractivity contribution in [2.45, 2.75) is 30.7 Å². The highest BCUT2D eigenvalue weighted by Gasteiger charge is 2.31. The Morgan fingerprint density at radius 1 is 1.53 bits per heavy atom. The van der Waals surface area contributed by atoms with Crippen molar-refractivity contribution < 1.29 is 13.2 Å². The molecule has 1 saturated carbocycles. The van der Waals surface area contributed by atoms with E-state index < -0.39 is 9.05 Å². The zero-order valence-corrected chi connectivity index (χ0v) is 11.8. The Balaban J connectivity index is 2.31. The van der Waals surface area contributed by atoms with Gasteiger partial charge in [0.15, 0.2) is 0 Å². The summed E-state index contributed by atoms with van der Waals surface area (Å²) in [6.45, 7) is 1.65. The van der Waals surface area contributed by atoms with E-state index in [9.17, 15) is 13.2 Å². The first-order valence-electron chi connectivity index (χ1n) is 5.13. The molecule has 0 spiro atoms. The van der Waals surface area contributed by atoms with Gasteiger partial charge in [-0.25, -0.2) is 8.42 Å². The van der Waals surface area contributed by atoms with Crippen molar-refractivity contribution in [3.05, 3.63) is 15.8 Å². The summed E-state index contributed by atoms with van der Waals surface area (Å²) in [4.78, 5) is 14.7. The van der Waals surface area contributed by atoms with E-state index in [1.807, 2.05) is 0 Å². The number of rotatable bonds is 3. The largest absolute Gasteiger partial charge is 0.338 e. The fourth-order valence-corrected chi connectivity index (χ4v) is 4.26. The topological polar surface area (TPSA) is 54.5 Å². The molecule has 0 N–H and O–H groups in total. The van der Waals surface area contributed by atoms with Gasteiger partial charge in [-0.15, -0.1) is 11.3 Å². The maximum absolute atomic E-state index is 12.0. The molecule has 0 bridgehead atoms. The highest BCUT2D eigenvalue weighted by atomic mass is 35.7. The minimum Gasteiger partial charge on any atom is -0.338 e. The molecule has 0 unspecified atom stereocenters. The van der Waals surface area contributed by atoms with Gasteiger partial charge >= 0.3 is 0 Å². The quantitative estimate of drug-likeness (QED) is 0.803. The second kappa shape index (κ2) is 4.26. The molecule has 1 aromatic heterocycles. The summed E-state index contributed by atoms with van der Waals surface area (Å²) in [7, 11) is 3.27. The number of nitrogens with zero attached hydrogens (tertiary/aromatic N) is 1. The van der Waals surface area contributed by atoms with Gasteiger partial charge in [-0.2, -0.15) is 0 Å². The standard InChI is InChI=1S/C10H12ClNO3S2/c1-6-9(17(11,14)15)5-8(16-6)10(13)12(2)7-3-4-7/h5,7H,3-4H2,1-2H3. The van der Waals surface area contributed by atoms with Gasteiger partial charge in [0.05, 0.1) is 9.77 Å². The minimum absolute atomic E-state index is 0.0386. The average molecular weight is 294 g/mol. The van der Waals surface area contributed by atoms with Gasteiger partial charge < -0.3 is 4.90 Å². The first-order valence-corrected chi connectivity index (χ1v) is 8.25. The lowest BCUT2D eigenvalue weighted by Crippen LogP contribution is -2.27. The zero-order chi connectivity index (χ0) is 12.8. The van der Waals surface area contributed by atoms with Gasteiger partial charge in [0.1, 0.15) is 0 Å². The number of thiophene rings is 1. The molecular weight excluding hydrogens is 282 g/mol. The van der Waals surface area contributed by atoms with Crippen molar-refractivity contribution >= 4 is 37.0 Å². The molecule has 1 aliphatic rings. The number of carbonyl (C=O) groups excluding carboxylic acids is 1. The fraction of sp³-hybridized carbons (Fsp3) is 0.500. The van der Waals surface area contributed by atoms with Gasteiger partial charge in [-0.3, -0.25) is 4.79 Å². The van der Waals surface area contributed by atoms with E-state index in [0.29, 0.717) is 15.8 Å². The van der Waals surface area contributed by atoms with E-state index in [0.717, 1.165) is 12.8 Å². The zero-order valence-electron chi connectivity index (χ0n) is 9.44. The highest BCUT2D eigenvalue weighted by Crippen LogP contribution is 2.32. The summed E-state index contributed by atoms with van der Waals surface area (Å²) >= 11 is 1.17. The van der Waals surface area contributed by atoms with E-state index in [1.54, 1.807) is 18.9 Å². The Hall–Kier alpha value is -0.590. The average Bonchev–Trinajstić information content (AvgIpc) is 2.98. The third-order valence-electron chi connectivity index (χ3n) is 2.76. The second-order valence-electron chi connectivity index (χ2n) is 4.12. The predicted octanol–water partition coefficient (Wildman–Crippen LogP) is 2.22. The molecule has 1 aromatic rings. The third-order valence-corrected chi connectivity index (χ3v) is 5.38. The molecule has 1 heterocycles. The van der Waals surface area contributed by atoms with E-state index in [4.69, 9.17) is 10.7 Å². The molecule has 94 valence electrons. The van der Waals surface area contributed by atoms with Crippen LogP contribution < -0.4 is 0 Å². The predicted molar refractivity (Wildman–Crippen MR) is 67.2 cm³/mol. The summed E-state index contributed by atoms with van der Waals surface area (Å²) in [5.74, 6) is -0.132. The Bertz CT molecular complexity index is 560. The molecule has 4 nitrogen and oxygen atoms in total.